The fraction of sp³-hybridized carbons (Fsp3) is 0.318. The summed E-state index contributed by atoms with van der Waals surface area (Å²) in [6, 6.07) is 14.0. The summed E-state index contributed by atoms with van der Waals surface area (Å²) in [5, 5.41) is 8.87. The molecule has 1 aromatic carbocycles. The topological polar surface area (TPSA) is 68.0 Å². The van der Waals surface area contributed by atoms with Crippen LogP contribution in [0.15, 0.2) is 63.5 Å². The average Bonchev–Trinajstić information content (AvgIpc) is 3.39. The number of benzene rings is 1. The first-order valence-electron chi connectivity index (χ1n) is 9.86. The lowest BCUT2D eigenvalue weighted by molar-refractivity contribution is 0.297. The molecule has 4 rings (SSSR count). The highest BCUT2D eigenvalue weighted by Gasteiger charge is 2.11. The number of anilines is 1. The molecule has 0 saturated carbocycles. The minimum atomic E-state index is 0. The van der Waals surface area contributed by atoms with Crippen LogP contribution in [0.1, 0.15) is 17.1 Å². The molecule has 0 amide bonds. The lowest BCUT2D eigenvalue weighted by atomic mass is 10.2. The van der Waals surface area contributed by atoms with Crippen molar-refractivity contribution < 1.29 is 13.9 Å². The normalized spacial score (nSPS) is 13.3. The first-order chi connectivity index (χ1) is 14.4. The van der Waals surface area contributed by atoms with Crippen molar-refractivity contribution in [3.63, 3.8) is 0 Å². The van der Waals surface area contributed by atoms with Crippen molar-refractivity contribution in [2.45, 2.75) is 19.3 Å². The lowest BCUT2D eigenvalue weighted by Crippen LogP contribution is -2.32. The zero-order chi connectivity index (χ0) is 19.7. The first-order valence-corrected chi connectivity index (χ1v) is 10.7. The van der Waals surface area contributed by atoms with Crippen molar-refractivity contribution in [3.05, 3.63) is 64.7 Å². The van der Waals surface area contributed by atoms with Crippen LogP contribution in [-0.4, -0.2) is 32.3 Å². The number of guanidine groups is 1. The maximum atomic E-state index is 5.79. The molecule has 3 aromatic rings. The SMILES string of the molecule is I.c1coc(CCNC(=NCCc2cccs2)Nc2ccc3c(c2)OCCCO3)c1. The monoisotopic (exact) mass is 539 g/mol. The summed E-state index contributed by atoms with van der Waals surface area (Å²) in [5.74, 6) is 3.24. The van der Waals surface area contributed by atoms with E-state index in [0.29, 0.717) is 19.8 Å². The van der Waals surface area contributed by atoms with Gasteiger partial charge in [0.15, 0.2) is 17.5 Å². The number of thiophene rings is 1. The Balaban J connectivity index is 0.00000256. The van der Waals surface area contributed by atoms with E-state index in [-0.39, 0.29) is 24.0 Å². The third-order valence-corrected chi connectivity index (χ3v) is 5.40. The summed E-state index contributed by atoms with van der Waals surface area (Å²) in [6.45, 7) is 2.78. The van der Waals surface area contributed by atoms with Crippen LogP contribution in [0.2, 0.25) is 0 Å². The van der Waals surface area contributed by atoms with Crippen LogP contribution in [-0.2, 0) is 12.8 Å². The second-order valence-electron chi connectivity index (χ2n) is 6.65. The fourth-order valence-corrected chi connectivity index (χ4v) is 3.71. The van der Waals surface area contributed by atoms with E-state index in [1.54, 1.807) is 17.6 Å². The molecule has 30 heavy (non-hydrogen) atoms. The number of hydrogen-bond donors (Lipinski definition) is 2. The molecule has 2 aromatic heterocycles. The zero-order valence-electron chi connectivity index (χ0n) is 16.6. The van der Waals surface area contributed by atoms with Gasteiger partial charge in [-0.05, 0) is 35.7 Å². The number of nitrogens with one attached hydrogen (secondary N) is 2. The molecule has 2 N–H and O–H groups in total. The van der Waals surface area contributed by atoms with Crippen molar-refractivity contribution >= 4 is 47.0 Å². The summed E-state index contributed by atoms with van der Waals surface area (Å²) < 4.78 is 16.9. The molecule has 0 atom stereocenters. The second kappa shape index (κ2) is 11.8. The summed E-state index contributed by atoms with van der Waals surface area (Å²) in [4.78, 5) is 6.07. The summed E-state index contributed by atoms with van der Waals surface area (Å²) in [5.41, 5.74) is 0.912. The molecular weight excluding hydrogens is 513 g/mol. The predicted molar refractivity (Wildman–Crippen MR) is 132 cm³/mol. The van der Waals surface area contributed by atoms with E-state index in [9.17, 15) is 0 Å². The van der Waals surface area contributed by atoms with Crippen LogP contribution < -0.4 is 20.1 Å². The van der Waals surface area contributed by atoms with Gasteiger partial charge >= 0.3 is 0 Å². The fourth-order valence-electron chi connectivity index (χ4n) is 3.01. The van der Waals surface area contributed by atoms with Crippen molar-refractivity contribution in [2.24, 2.45) is 4.99 Å². The molecule has 0 spiro atoms. The first kappa shape index (κ1) is 22.5. The minimum absolute atomic E-state index is 0. The maximum Gasteiger partial charge on any atom is 0.195 e. The van der Waals surface area contributed by atoms with E-state index in [1.165, 1.54) is 4.88 Å². The molecule has 1 aliphatic rings. The molecule has 0 fully saturated rings. The Morgan fingerprint density at radius 1 is 1.03 bits per heavy atom. The number of rotatable bonds is 7. The van der Waals surface area contributed by atoms with Gasteiger partial charge < -0.3 is 24.5 Å². The van der Waals surface area contributed by atoms with Crippen molar-refractivity contribution in [2.75, 3.05) is 31.6 Å². The molecule has 0 radical (unpaired) electrons. The number of hydrogen-bond acceptors (Lipinski definition) is 5. The summed E-state index contributed by atoms with van der Waals surface area (Å²) in [7, 11) is 0. The Morgan fingerprint density at radius 3 is 2.73 bits per heavy atom. The standard InChI is InChI=1S/C22H25N3O3S.HI/c1-4-18(26-12-1)8-10-23-22(24-11-9-19-5-2-15-29-19)25-17-6-7-20-21(16-17)28-14-3-13-27-20;/h1-2,4-7,12,15-16H,3,8-11,13-14H2,(H2,23,24,25);1H. The van der Waals surface area contributed by atoms with Crippen molar-refractivity contribution in [1.82, 2.24) is 5.32 Å². The van der Waals surface area contributed by atoms with E-state index < -0.39 is 0 Å². The molecule has 160 valence electrons. The second-order valence-corrected chi connectivity index (χ2v) is 7.69. The predicted octanol–water partition coefficient (Wildman–Crippen LogP) is 4.96. The maximum absolute atomic E-state index is 5.79. The molecule has 0 saturated heterocycles. The number of furan rings is 1. The van der Waals surface area contributed by atoms with Gasteiger partial charge in [0, 0.05) is 49.0 Å². The number of halogens is 1. The van der Waals surface area contributed by atoms with Crippen LogP contribution in [0.25, 0.3) is 0 Å². The van der Waals surface area contributed by atoms with Gasteiger partial charge in [0.05, 0.1) is 19.5 Å². The number of aliphatic imine (C=N–C) groups is 1. The minimum Gasteiger partial charge on any atom is -0.490 e. The van der Waals surface area contributed by atoms with Gasteiger partial charge in [-0.15, -0.1) is 35.3 Å². The zero-order valence-corrected chi connectivity index (χ0v) is 19.8. The van der Waals surface area contributed by atoms with Crippen molar-refractivity contribution in [1.29, 1.82) is 0 Å². The average molecular weight is 539 g/mol. The van der Waals surface area contributed by atoms with E-state index in [2.05, 4.69) is 28.1 Å². The van der Waals surface area contributed by atoms with E-state index in [1.807, 2.05) is 30.3 Å². The van der Waals surface area contributed by atoms with Gasteiger partial charge in [-0.1, -0.05) is 6.07 Å². The Kier molecular flexibility index (Phi) is 8.88. The van der Waals surface area contributed by atoms with Crippen LogP contribution in [0.4, 0.5) is 5.69 Å². The van der Waals surface area contributed by atoms with E-state index in [0.717, 1.165) is 54.7 Å². The number of nitrogens with zero attached hydrogens (tertiary/aromatic N) is 1. The Hall–Kier alpha value is -2.20. The van der Waals surface area contributed by atoms with E-state index in [4.69, 9.17) is 18.9 Å². The van der Waals surface area contributed by atoms with Gasteiger partial charge in [-0.25, -0.2) is 0 Å². The third kappa shape index (κ3) is 6.66. The molecule has 3 heterocycles. The van der Waals surface area contributed by atoms with Crippen LogP contribution >= 0.6 is 35.3 Å². The molecule has 0 bridgehead atoms. The number of fused-ring (bicyclic) bond motifs is 1. The molecule has 0 unspecified atom stereocenters. The van der Waals surface area contributed by atoms with Crippen LogP contribution in [0.5, 0.6) is 11.5 Å². The van der Waals surface area contributed by atoms with Crippen molar-refractivity contribution in [3.8, 4) is 11.5 Å². The summed E-state index contributed by atoms with van der Waals surface area (Å²) in [6.07, 6.45) is 4.30. The number of ether oxygens (including phenoxy) is 2. The molecule has 8 heteroatoms. The molecule has 0 aliphatic carbocycles. The summed E-state index contributed by atoms with van der Waals surface area (Å²) >= 11 is 1.76. The molecule has 1 aliphatic heterocycles. The highest BCUT2D eigenvalue weighted by molar-refractivity contribution is 14.0. The van der Waals surface area contributed by atoms with Gasteiger partial charge in [-0.2, -0.15) is 0 Å². The van der Waals surface area contributed by atoms with Crippen LogP contribution in [0.3, 0.4) is 0 Å². The van der Waals surface area contributed by atoms with Gasteiger partial charge in [0.2, 0.25) is 0 Å². The Labute approximate surface area is 197 Å². The Bertz CT molecular complexity index is 914. The Morgan fingerprint density at radius 2 is 1.93 bits per heavy atom. The highest BCUT2D eigenvalue weighted by Crippen LogP contribution is 2.32. The van der Waals surface area contributed by atoms with Crippen LogP contribution in [0, 0.1) is 0 Å². The highest BCUT2D eigenvalue weighted by atomic mass is 127. The van der Waals surface area contributed by atoms with Gasteiger partial charge in [0.1, 0.15) is 5.76 Å². The lowest BCUT2D eigenvalue weighted by Gasteiger charge is -2.14. The van der Waals surface area contributed by atoms with Gasteiger partial charge in [0.25, 0.3) is 0 Å². The largest absolute Gasteiger partial charge is 0.490 e. The van der Waals surface area contributed by atoms with E-state index >= 15 is 0 Å². The molecular formula is C22H26IN3O3S. The molecule has 6 nitrogen and oxygen atoms in total. The quantitative estimate of drug-likeness (QED) is 0.252. The van der Waals surface area contributed by atoms with Gasteiger partial charge in [-0.3, -0.25) is 4.99 Å². The third-order valence-electron chi connectivity index (χ3n) is 4.46. The smallest absolute Gasteiger partial charge is 0.195 e.